The molecule has 1 aromatic rings. The van der Waals surface area contributed by atoms with Gasteiger partial charge in [0.15, 0.2) is 23.4 Å². The molecule has 2 heterocycles. The summed E-state index contributed by atoms with van der Waals surface area (Å²) in [5, 5.41) is 10.5. The first-order valence-corrected chi connectivity index (χ1v) is 10.0. The Hall–Kier alpha value is -1.59. The molecule has 26 heavy (non-hydrogen) atoms. The van der Waals surface area contributed by atoms with Gasteiger partial charge < -0.3 is 14.6 Å². The van der Waals surface area contributed by atoms with Crippen molar-refractivity contribution in [2.75, 3.05) is 19.7 Å². The van der Waals surface area contributed by atoms with Crippen molar-refractivity contribution in [3.05, 3.63) is 23.3 Å². The number of ketones is 1. The van der Waals surface area contributed by atoms with Crippen LogP contribution < -0.4 is 4.74 Å². The number of aromatic hydroxyl groups is 1. The first-order valence-electron chi connectivity index (χ1n) is 10.0. The molecule has 2 aliphatic heterocycles. The Bertz CT molecular complexity index is 778. The lowest BCUT2D eigenvalue weighted by Gasteiger charge is -2.64. The molecule has 1 N–H and O–H groups in total. The first-order chi connectivity index (χ1) is 12.6. The number of Topliss-reactive ketones (excluding diaryl/α,β-unsaturated/α-hetero) is 1. The second-order valence-corrected chi connectivity index (χ2v) is 8.21. The van der Waals surface area contributed by atoms with Crippen LogP contribution in [0, 0.1) is 0 Å². The smallest absolute Gasteiger partial charge is 0.174 e. The lowest BCUT2D eigenvalue weighted by atomic mass is 9.48. The van der Waals surface area contributed by atoms with Gasteiger partial charge in [-0.2, -0.15) is 0 Å². The molecule has 1 spiro atoms. The third kappa shape index (κ3) is 1.71. The van der Waals surface area contributed by atoms with Crippen LogP contribution in [-0.4, -0.2) is 53.2 Å². The predicted octanol–water partition coefficient (Wildman–Crippen LogP) is 2.57. The molecule has 1 saturated heterocycles. The number of phenolic OH excluding ortho intramolecular Hbond substituents is 1. The Balaban J connectivity index is 1.79. The third-order valence-corrected chi connectivity index (χ3v) is 7.24. The summed E-state index contributed by atoms with van der Waals surface area (Å²) in [6.45, 7) is 6.90. The minimum Gasteiger partial charge on any atom is -0.504 e. The SMILES string of the molecule is CCCN1CC[C@]23c4c5ccc(O)c4OC2C(=O)CC[C@@]3(OCC)[C@H]1C5. The lowest BCUT2D eigenvalue weighted by Crippen LogP contribution is -2.77. The molecular formula is C21H27NO4. The number of rotatable bonds is 4. The van der Waals surface area contributed by atoms with Crippen molar-refractivity contribution < 1.29 is 19.4 Å². The number of nitrogens with zero attached hydrogens (tertiary/aromatic N) is 1. The van der Waals surface area contributed by atoms with Gasteiger partial charge in [0.2, 0.25) is 0 Å². The molecule has 1 unspecified atom stereocenters. The fourth-order valence-electron chi connectivity index (χ4n) is 6.49. The summed E-state index contributed by atoms with van der Waals surface area (Å²) in [6, 6.07) is 4.01. The largest absolute Gasteiger partial charge is 0.504 e. The number of hydrogen-bond donors (Lipinski definition) is 1. The van der Waals surface area contributed by atoms with Gasteiger partial charge >= 0.3 is 0 Å². The number of carbonyl (C=O) groups is 1. The first kappa shape index (κ1) is 16.6. The number of ether oxygens (including phenoxy) is 2. The topological polar surface area (TPSA) is 59.0 Å². The standard InChI is InChI=1S/C21H27NO4/c1-3-10-22-11-9-20-17-13-5-6-14(23)18(17)26-19(20)15(24)7-8-21(20,25-4-2)16(22)12-13/h5-6,16,19,23H,3-4,7-12H2,1-2H3/t16-,19?,20+,21-/m1/s1. The Labute approximate surface area is 154 Å². The van der Waals surface area contributed by atoms with Crippen molar-refractivity contribution in [3.63, 3.8) is 0 Å². The van der Waals surface area contributed by atoms with Gasteiger partial charge in [0.25, 0.3) is 0 Å². The summed E-state index contributed by atoms with van der Waals surface area (Å²) in [5.74, 6) is 0.848. The van der Waals surface area contributed by atoms with Crippen LogP contribution in [0.25, 0.3) is 0 Å². The molecule has 2 fully saturated rings. The highest BCUT2D eigenvalue weighted by atomic mass is 16.5. The predicted molar refractivity (Wildman–Crippen MR) is 96.8 cm³/mol. The van der Waals surface area contributed by atoms with Crippen LogP contribution in [0.1, 0.15) is 50.7 Å². The van der Waals surface area contributed by atoms with E-state index in [-0.39, 0.29) is 17.6 Å². The van der Waals surface area contributed by atoms with E-state index in [4.69, 9.17) is 9.47 Å². The van der Waals surface area contributed by atoms with Crippen molar-refractivity contribution >= 4 is 5.78 Å². The fraction of sp³-hybridized carbons (Fsp3) is 0.667. The molecule has 1 saturated carbocycles. The second-order valence-electron chi connectivity index (χ2n) is 8.21. The van der Waals surface area contributed by atoms with E-state index in [0.717, 1.165) is 44.3 Å². The zero-order valence-corrected chi connectivity index (χ0v) is 15.6. The molecule has 2 bridgehead atoms. The van der Waals surface area contributed by atoms with E-state index in [9.17, 15) is 9.90 Å². The zero-order valence-electron chi connectivity index (χ0n) is 15.6. The normalized spacial score (nSPS) is 37.4. The van der Waals surface area contributed by atoms with Crippen molar-refractivity contribution in [2.24, 2.45) is 0 Å². The number of carbonyl (C=O) groups excluding carboxylic acids is 1. The summed E-state index contributed by atoms with van der Waals surface area (Å²) in [6.07, 6.45) is 3.58. The molecule has 2 aliphatic carbocycles. The van der Waals surface area contributed by atoms with Gasteiger partial charge in [-0.25, -0.2) is 0 Å². The maximum atomic E-state index is 12.9. The molecule has 5 nitrogen and oxygen atoms in total. The van der Waals surface area contributed by atoms with Crippen LogP contribution in [0.15, 0.2) is 12.1 Å². The van der Waals surface area contributed by atoms with E-state index in [2.05, 4.69) is 11.8 Å². The van der Waals surface area contributed by atoms with Crippen LogP contribution >= 0.6 is 0 Å². The van der Waals surface area contributed by atoms with Gasteiger partial charge in [0, 0.05) is 24.6 Å². The summed E-state index contributed by atoms with van der Waals surface area (Å²) in [4.78, 5) is 15.5. The molecule has 4 aliphatic rings. The van der Waals surface area contributed by atoms with E-state index < -0.39 is 17.1 Å². The second kappa shape index (κ2) is 5.46. The summed E-state index contributed by atoms with van der Waals surface area (Å²) in [7, 11) is 0. The van der Waals surface area contributed by atoms with E-state index in [1.54, 1.807) is 6.07 Å². The zero-order chi connectivity index (χ0) is 18.1. The van der Waals surface area contributed by atoms with Gasteiger partial charge in [-0.05, 0) is 57.3 Å². The molecule has 1 aromatic carbocycles. The van der Waals surface area contributed by atoms with Crippen LogP contribution in [0.2, 0.25) is 0 Å². The summed E-state index contributed by atoms with van der Waals surface area (Å²) < 4.78 is 12.8. The Kier molecular flexibility index (Phi) is 3.48. The Morgan fingerprint density at radius 3 is 2.96 bits per heavy atom. The Morgan fingerprint density at radius 1 is 1.35 bits per heavy atom. The molecule has 5 rings (SSSR count). The minimum absolute atomic E-state index is 0.153. The third-order valence-electron chi connectivity index (χ3n) is 7.24. The maximum Gasteiger partial charge on any atom is 0.174 e. The van der Waals surface area contributed by atoms with Crippen LogP contribution in [0.5, 0.6) is 11.5 Å². The number of benzene rings is 1. The van der Waals surface area contributed by atoms with Gasteiger partial charge in [-0.3, -0.25) is 9.69 Å². The molecule has 4 atom stereocenters. The van der Waals surface area contributed by atoms with E-state index in [1.165, 1.54) is 5.56 Å². The minimum atomic E-state index is -0.517. The van der Waals surface area contributed by atoms with E-state index in [0.29, 0.717) is 18.8 Å². The van der Waals surface area contributed by atoms with Crippen LogP contribution in [-0.2, 0) is 21.4 Å². The van der Waals surface area contributed by atoms with Crippen LogP contribution in [0.4, 0.5) is 0 Å². The van der Waals surface area contributed by atoms with Gasteiger partial charge in [0.05, 0.1) is 11.0 Å². The molecule has 0 amide bonds. The van der Waals surface area contributed by atoms with Crippen molar-refractivity contribution in [2.45, 2.75) is 69.1 Å². The molecular weight excluding hydrogens is 330 g/mol. The molecule has 0 aromatic heterocycles. The highest BCUT2D eigenvalue weighted by Gasteiger charge is 2.74. The van der Waals surface area contributed by atoms with Crippen molar-refractivity contribution in [3.8, 4) is 11.5 Å². The Morgan fingerprint density at radius 2 is 2.19 bits per heavy atom. The fourth-order valence-corrected chi connectivity index (χ4v) is 6.49. The summed E-state index contributed by atoms with van der Waals surface area (Å²) >= 11 is 0. The molecule has 140 valence electrons. The maximum absolute atomic E-state index is 12.9. The lowest BCUT2D eigenvalue weighted by molar-refractivity contribution is -0.211. The van der Waals surface area contributed by atoms with Gasteiger partial charge in [0.1, 0.15) is 0 Å². The van der Waals surface area contributed by atoms with E-state index in [1.807, 2.05) is 13.0 Å². The number of piperidine rings is 1. The average Bonchev–Trinajstić information content (AvgIpc) is 2.98. The molecule has 5 heteroatoms. The summed E-state index contributed by atoms with van der Waals surface area (Å²) in [5.41, 5.74) is 1.43. The van der Waals surface area contributed by atoms with Gasteiger partial charge in [-0.15, -0.1) is 0 Å². The van der Waals surface area contributed by atoms with Crippen LogP contribution in [0.3, 0.4) is 0 Å². The van der Waals surface area contributed by atoms with E-state index >= 15 is 0 Å². The van der Waals surface area contributed by atoms with Crippen molar-refractivity contribution in [1.82, 2.24) is 4.90 Å². The highest BCUT2D eigenvalue weighted by Crippen LogP contribution is 2.65. The average molecular weight is 357 g/mol. The number of likely N-dealkylation sites (tertiary alicyclic amines) is 1. The number of phenols is 1. The quantitative estimate of drug-likeness (QED) is 0.897. The van der Waals surface area contributed by atoms with Gasteiger partial charge in [-0.1, -0.05) is 13.0 Å². The highest BCUT2D eigenvalue weighted by molar-refractivity contribution is 5.90. The molecule has 0 radical (unpaired) electrons. The number of hydrogen-bond acceptors (Lipinski definition) is 5. The van der Waals surface area contributed by atoms with Crippen molar-refractivity contribution in [1.29, 1.82) is 0 Å². The monoisotopic (exact) mass is 357 g/mol.